The molecule has 0 N–H and O–H groups in total. The van der Waals surface area contributed by atoms with Crippen LogP contribution in [0.25, 0.3) is 0 Å². The molecule has 0 saturated heterocycles. The lowest BCUT2D eigenvalue weighted by Crippen LogP contribution is -1.94. The van der Waals surface area contributed by atoms with Crippen LogP contribution in [0.4, 0.5) is 8.78 Å². The summed E-state index contributed by atoms with van der Waals surface area (Å²) < 4.78 is 25.5. The number of halogens is 4. The Bertz CT molecular complexity index is 314. The summed E-state index contributed by atoms with van der Waals surface area (Å²) >= 11 is 8.36. The molecule has 0 bridgehead atoms. The van der Waals surface area contributed by atoms with Crippen molar-refractivity contribution < 1.29 is 13.6 Å². The molecular weight excluding hydrogens is 253 g/mol. The van der Waals surface area contributed by atoms with E-state index >= 15 is 0 Å². The fourth-order valence-corrected chi connectivity index (χ4v) is 1.29. The minimum Gasteiger partial charge on any atom is -0.298 e. The maximum absolute atomic E-state index is 12.7. The van der Waals surface area contributed by atoms with E-state index < -0.39 is 17.2 Å². The van der Waals surface area contributed by atoms with E-state index in [1.807, 2.05) is 0 Å². The summed E-state index contributed by atoms with van der Waals surface area (Å²) in [4.78, 5) is 10.2. The Morgan fingerprint density at radius 1 is 1.50 bits per heavy atom. The third kappa shape index (κ3) is 1.49. The molecule has 5 heteroatoms. The summed E-state index contributed by atoms with van der Waals surface area (Å²) in [6.45, 7) is 0. The fourth-order valence-electron chi connectivity index (χ4n) is 0.695. The molecule has 0 saturated carbocycles. The molecule has 1 aromatic carbocycles. The first-order valence-corrected chi connectivity index (χ1v) is 4.03. The van der Waals surface area contributed by atoms with Gasteiger partial charge in [-0.2, -0.15) is 0 Å². The fraction of sp³-hybridized carbons (Fsp3) is 0. The molecule has 0 radical (unpaired) electrons. The first-order chi connectivity index (χ1) is 5.57. The van der Waals surface area contributed by atoms with Crippen molar-refractivity contribution in [1.29, 1.82) is 0 Å². The molecule has 64 valence electrons. The summed E-state index contributed by atoms with van der Waals surface area (Å²) in [5, 5.41) is -0.121. The van der Waals surface area contributed by atoms with Crippen LogP contribution in [0.1, 0.15) is 10.4 Å². The molecule has 0 aliphatic heterocycles. The molecule has 0 heterocycles. The zero-order valence-corrected chi connectivity index (χ0v) is 7.92. The highest BCUT2D eigenvalue weighted by atomic mass is 79.9. The molecule has 0 aromatic heterocycles. The summed E-state index contributed by atoms with van der Waals surface area (Å²) in [6.07, 6.45) is 0.172. The van der Waals surface area contributed by atoms with Gasteiger partial charge >= 0.3 is 0 Å². The van der Waals surface area contributed by atoms with Crippen molar-refractivity contribution in [2.75, 3.05) is 0 Å². The summed E-state index contributed by atoms with van der Waals surface area (Å²) in [7, 11) is 0. The smallest absolute Gasteiger partial charge is 0.170 e. The van der Waals surface area contributed by atoms with Gasteiger partial charge < -0.3 is 0 Å². The van der Waals surface area contributed by atoms with E-state index in [1.54, 1.807) is 0 Å². The summed E-state index contributed by atoms with van der Waals surface area (Å²) in [5.41, 5.74) is -0.469. The lowest BCUT2D eigenvalue weighted by molar-refractivity contribution is 0.111. The number of carbonyl (C=O) groups excluding carboxylic acids is 1. The van der Waals surface area contributed by atoms with E-state index in [1.165, 1.54) is 0 Å². The van der Waals surface area contributed by atoms with Gasteiger partial charge in [-0.05, 0) is 22.0 Å². The van der Waals surface area contributed by atoms with Crippen LogP contribution in [0.2, 0.25) is 5.02 Å². The van der Waals surface area contributed by atoms with Gasteiger partial charge in [0.25, 0.3) is 0 Å². The lowest BCUT2D eigenvalue weighted by Gasteiger charge is -2.01. The van der Waals surface area contributed by atoms with Crippen molar-refractivity contribution in [3.8, 4) is 0 Å². The molecule has 0 amide bonds. The number of carbonyl (C=O) groups is 1. The second-order valence-electron chi connectivity index (χ2n) is 2.00. The number of benzene rings is 1. The molecule has 0 fully saturated rings. The molecule has 1 aromatic rings. The number of hydrogen-bond donors (Lipinski definition) is 0. The van der Waals surface area contributed by atoms with E-state index in [-0.39, 0.29) is 15.8 Å². The Kier molecular flexibility index (Phi) is 2.80. The Labute approximate surface area is 80.5 Å². The zero-order valence-electron chi connectivity index (χ0n) is 5.57. The Morgan fingerprint density at radius 2 is 2.08 bits per heavy atom. The van der Waals surface area contributed by atoms with E-state index in [0.717, 1.165) is 6.07 Å². The zero-order chi connectivity index (χ0) is 9.30. The van der Waals surface area contributed by atoms with Crippen LogP contribution in [0.5, 0.6) is 0 Å². The normalized spacial score (nSPS) is 10.0. The van der Waals surface area contributed by atoms with Crippen LogP contribution in [0, 0.1) is 11.6 Å². The van der Waals surface area contributed by atoms with Gasteiger partial charge in [0.15, 0.2) is 17.9 Å². The minimum absolute atomic E-state index is 0.121. The van der Waals surface area contributed by atoms with Crippen LogP contribution in [0.15, 0.2) is 10.5 Å². The molecule has 0 aliphatic rings. The average Bonchev–Trinajstić information content (AvgIpc) is 2.02. The van der Waals surface area contributed by atoms with E-state index in [0.29, 0.717) is 0 Å². The second-order valence-corrected chi connectivity index (χ2v) is 3.23. The first kappa shape index (κ1) is 9.61. The molecule has 12 heavy (non-hydrogen) atoms. The molecule has 0 spiro atoms. The van der Waals surface area contributed by atoms with Gasteiger partial charge in [-0.25, -0.2) is 8.78 Å². The third-order valence-electron chi connectivity index (χ3n) is 1.26. The van der Waals surface area contributed by atoms with Gasteiger partial charge in [0, 0.05) is 4.47 Å². The van der Waals surface area contributed by atoms with Crippen molar-refractivity contribution in [1.82, 2.24) is 0 Å². The quantitative estimate of drug-likeness (QED) is 0.556. The summed E-state index contributed by atoms with van der Waals surface area (Å²) in [5.74, 6) is -2.33. The Balaban J connectivity index is 3.52. The van der Waals surface area contributed by atoms with Crippen molar-refractivity contribution in [3.63, 3.8) is 0 Å². The largest absolute Gasteiger partial charge is 0.298 e. The highest BCUT2D eigenvalue weighted by molar-refractivity contribution is 9.10. The molecule has 1 rings (SSSR count). The van der Waals surface area contributed by atoms with Crippen LogP contribution in [-0.4, -0.2) is 6.29 Å². The van der Waals surface area contributed by atoms with Gasteiger partial charge in [-0.15, -0.1) is 0 Å². The predicted octanol–water partition coefficient (Wildman–Crippen LogP) is 3.19. The minimum atomic E-state index is -1.22. The lowest BCUT2D eigenvalue weighted by atomic mass is 10.2. The van der Waals surface area contributed by atoms with E-state index in [4.69, 9.17) is 11.6 Å². The Morgan fingerprint density at radius 3 is 2.58 bits per heavy atom. The molecular formula is C7H2BrClF2O. The van der Waals surface area contributed by atoms with E-state index in [2.05, 4.69) is 15.9 Å². The molecule has 0 unspecified atom stereocenters. The highest BCUT2D eigenvalue weighted by Crippen LogP contribution is 2.28. The Hall–Kier alpha value is -0.480. The maximum atomic E-state index is 12.7. The number of aldehydes is 1. The molecule has 0 aliphatic carbocycles. The van der Waals surface area contributed by atoms with Crippen molar-refractivity contribution in [2.24, 2.45) is 0 Å². The van der Waals surface area contributed by atoms with Crippen LogP contribution in [0.3, 0.4) is 0 Å². The predicted molar refractivity (Wildman–Crippen MR) is 44.5 cm³/mol. The SMILES string of the molecule is O=Cc1c(F)c(F)cc(Br)c1Cl. The second kappa shape index (κ2) is 3.49. The van der Waals surface area contributed by atoms with Gasteiger partial charge in [0.1, 0.15) is 0 Å². The molecule has 0 atom stereocenters. The topological polar surface area (TPSA) is 17.1 Å². The van der Waals surface area contributed by atoms with Crippen molar-refractivity contribution in [3.05, 3.63) is 32.8 Å². The molecule has 1 nitrogen and oxygen atoms in total. The maximum Gasteiger partial charge on any atom is 0.170 e. The number of rotatable bonds is 1. The summed E-state index contributed by atoms with van der Waals surface area (Å²) in [6, 6.07) is 0.866. The van der Waals surface area contributed by atoms with Gasteiger partial charge in [0.05, 0.1) is 10.6 Å². The van der Waals surface area contributed by atoms with Crippen LogP contribution >= 0.6 is 27.5 Å². The van der Waals surface area contributed by atoms with Crippen molar-refractivity contribution in [2.45, 2.75) is 0 Å². The van der Waals surface area contributed by atoms with Gasteiger partial charge in [-0.1, -0.05) is 11.6 Å². The van der Waals surface area contributed by atoms with Crippen LogP contribution in [-0.2, 0) is 0 Å². The van der Waals surface area contributed by atoms with Gasteiger partial charge in [-0.3, -0.25) is 4.79 Å². The van der Waals surface area contributed by atoms with Gasteiger partial charge in [0.2, 0.25) is 0 Å². The highest BCUT2D eigenvalue weighted by Gasteiger charge is 2.14. The standard InChI is InChI=1S/C7H2BrClF2O/c8-4-1-5(10)7(11)3(2-12)6(4)9/h1-2H. The number of hydrogen-bond acceptors (Lipinski definition) is 1. The monoisotopic (exact) mass is 254 g/mol. The van der Waals surface area contributed by atoms with E-state index in [9.17, 15) is 13.6 Å². The third-order valence-corrected chi connectivity index (χ3v) is 2.52. The van der Waals surface area contributed by atoms with Crippen molar-refractivity contribution >= 4 is 33.8 Å². The first-order valence-electron chi connectivity index (χ1n) is 2.86. The van der Waals surface area contributed by atoms with Crippen LogP contribution < -0.4 is 0 Å². The average molecular weight is 255 g/mol.